The van der Waals surface area contributed by atoms with Crippen molar-refractivity contribution in [3.63, 3.8) is 0 Å². The van der Waals surface area contributed by atoms with Gasteiger partial charge in [-0.3, -0.25) is 9.78 Å². The Balaban J connectivity index is 1.43. The third-order valence-corrected chi connectivity index (χ3v) is 4.70. The van der Waals surface area contributed by atoms with E-state index in [0.29, 0.717) is 18.9 Å². The quantitative estimate of drug-likeness (QED) is 0.858. The van der Waals surface area contributed by atoms with E-state index in [1.165, 1.54) is 18.4 Å². The van der Waals surface area contributed by atoms with Crippen LogP contribution in [0.2, 0.25) is 0 Å². The third-order valence-electron chi connectivity index (χ3n) is 4.70. The van der Waals surface area contributed by atoms with E-state index in [2.05, 4.69) is 39.9 Å². The molecule has 1 saturated heterocycles. The van der Waals surface area contributed by atoms with Gasteiger partial charge in [0.2, 0.25) is 5.91 Å². The molecule has 1 aromatic heterocycles. The highest BCUT2D eigenvalue weighted by Crippen LogP contribution is 2.19. The van der Waals surface area contributed by atoms with Crippen LogP contribution in [-0.2, 0) is 11.3 Å². The van der Waals surface area contributed by atoms with Crippen LogP contribution in [0.1, 0.15) is 31.2 Å². The molecule has 4 heteroatoms. The summed E-state index contributed by atoms with van der Waals surface area (Å²) >= 11 is 0. The maximum Gasteiger partial charge on any atom is 0.220 e. The van der Waals surface area contributed by atoms with E-state index in [1.54, 1.807) is 12.4 Å². The van der Waals surface area contributed by atoms with Crippen molar-refractivity contribution < 1.29 is 4.79 Å². The Kier molecular flexibility index (Phi) is 5.96. The number of carbonyl (C=O) groups is 1. The van der Waals surface area contributed by atoms with Gasteiger partial charge < -0.3 is 10.6 Å². The van der Waals surface area contributed by atoms with Gasteiger partial charge in [0.15, 0.2) is 0 Å². The molecule has 0 aliphatic carbocycles. The summed E-state index contributed by atoms with van der Waals surface area (Å²) in [5, 5.41) is 6.39. The van der Waals surface area contributed by atoms with Crippen LogP contribution in [0.15, 0.2) is 48.8 Å². The van der Waals surface area contributed by atoms with Gasteiger partial charge in [-0.2, -0.15) is 0 Å². The number of hydrogen-bond acceptors (Lipinski definition) is 3. The monoisotopic (exact) mass is 323 g/mol. The molecule has 3 rings (SSSR count). The first kappa shape index (κ1) is 16.7. The van der Waals surface area contributed by atoms with Crippen molar-refractivity contribution in [3.8, 4) is 11.1 Å². The number of rotatable bonds is 6. The number of hydrogen-bond donors (Lipinski definition) is 2. The van der Waals surface area contributed by atoms with Crippen molar-refractivity contribution in [1.82, 2.24) is 15.6 Å². The Morgan fingerprint density at radius 1 is 1.04 bits per heavy atom. The highest BCUT2D eigenvalue weighted by molar-refractivity contribution is 5.75. The molecule has 2 N–H and O–H groups in total. The van der Waals surface area contributed by atoms with Crippen LogP contribution >= 0.6 is 0 Å². The maximum atomic E-state index is 12.0. The summed E-state index contributed by atoms with van der Waals surface area (Å²) in [5.41, 5.74) is 3.45. The van der Waals surface area contributed by atoms with Crippen LogP contribution < -0.4 is 10.6 Å². The molecule has 126 valence electrons. The molecular weight excluding hydrogens is 298 g/mol. The topological polar surface area (TPSA) is 54.0 Å². The van der Waals surface area contributed by atoms with Crippen molar-refractivity contribution in [2.75, 3.05) is 13.1 Å². The van der Waals surface area contributed by atoms with Crippen LogP contribution in [0.3, 0.4) is 0 Å². The minimum absolute atomic E-state index is 0.159. The lowest BCUT2D eigenvalue weighted by Crippen LogP contribution is -2.29. The fourth-order valence-electron chi connectivity index (χ4n) is 3.15. The van der Waals surface area contributed by atoms with Gasteiger partial charge >= 0.3 is 0 Å². The minimum atomic E-state index is 0.159. The lowest BCUT2D eigenvalue weighted by atomic mass is 9.93. The second-order valence-electron chi connectivity index (χ2n) is 6.44. The molecule has 0 saturated carbocycles. The van der Waals surface area contributed by atoms with Gasteiger partial charge in [-0.1, -0.05) is 24.3 Å². The molecule has 0 radical (unpaired) electrons. The number of benzene rings is 1. The van der Waals surface area contributed by atoms with Crippen LogP contribution in [0.4, 0.5) is 0 Å². The Hall–Kier alpha value is -2.20. The maximum absolute atomic E-state index is 12.0. The van der Waals surface area contributed by atoms with Crippen LogP contribution in [0.25, 0.3) is 11.1 Å². The largest absolute Gasteiger partial charge is 0.352 e. The summed E-state index contributed by atoms with van der Waals surface area (Å²) < 4.78 is 0. The number of nitrogens with one attached hydrogen (secondary N) is 2. The van der Waals surface area contributed by atoms with E-state index < -0.39 is 0 Å². The second-order valence-corrected chi connectivity index (χ2v) is 6.44. The molecule has 1 aromatic carbocycles. The molecule has 1 aliphatic rings. The summed E-state index contributed by atoms with van der Waals surface area (Å²) in [5.74, 6) is 0.864. The Morgan fingerprint density at radius 3 is 2.42 bits per heavy atom. The van der Waals surface area contributed by atoms with Crippen LogP contribution in [-0.4, -0.2) is 24.0 Å². The van der Waals surface area contributed by atoms with E-state index >= 15 is 0 Å². The number of aromatic nitrogens is 1. The summed E-state index contributed by atoms with van der Waals surface area (Å²) in [6, 6.07) is 12.3. The third kappa shape index (κ3) is 4.90. The average molecular weight is 323 g/mol. The number of piperidine rings is 1. The Bertz CT molecular complexity index is 634. The first-order chi connectivity index (χ1) is 11.8. The zero-order chi connectivity index (χ0) is 16.6. The molecule has 0 atom stereocenters. The molecule has 1 aliphatic heterocycles. The fourth-order valence-corrected chi connectivity index (χ4v) is 3.15. The first-order valence-electron chi connectivity index (χ1n) is 8.78. The summed E-state index contributed by atoms with van der Waals surface area (Å²) in [6.45, 7) is 2.79. The Labute approximate surface area is 143 Å². The summed E-state index contributed by atoms with van der Waals surface area (Å²) in [7, 11) is 0. The van der Waals surface area contributed by atoms with Gasteiger partial charge in [0.25, 0.3) is 0 Å². The zero-order valence-corrected chi connectivity index (χ0v) is 14.0. The standard InChI is InChI=1S/C20H25N3O/c24-20(6-3-16-7-11-21-12-8-16)23-15-17-1-4-18(5-2-17)19-9-13-22-14-10-19/h1-2,4-5,9-10,13-14,16,21H,3,6-8,11-12,15H2,(H,23,24). The molecule has 1 fully saturated rings. The number of nitrogens with zero attached hydrogens (tertiary/aromatic N) is 1. The van der Waals surface area contributed by atoms with E-state index in [-0.39, 0.29) is 5.91 Å². The smallest absolute Gasteiger partial charge is 0.220 e. The Morgan fingerprint density at radius 2 is 1.71 bits per heavy atom. The van der Waals surface area contributed by atoms with Gasteiger partial charge in [0, 0.05) is 25.4 Å². The molecule has 2 aromatic rings. The highest BCUT2D eigenvalue weighted by atomic mass is 16.1. The minimum Gasteiger partial charge on any atom is -0.352 e. The normalized spacial score (nSPS) is 15.2. The van der Waals surface area contributed by atoms with Crippen molar-refractivity contribution >= 4 is 5.91 Å². The second kappa shape index (κ2) is 8.60. The predicted molar refractivity (Wildman–Crippen MR) is 96.3 cm³/mol. The average Bonchev–Trinajstić information content (AvgIpc) is 2.67. The molecule has 1 amide bonds. The first-order valence-corrected chi connectivity index (χ1v) is 8.78. The van der Waals surface area contributed by atoms with E-state index in [0.717, 1.165) is 30.6 Å². The van der Waals surface area contributed by atoms with Gasteiger partial charge in [0.05, 0.1) is 0 Å². The molecule has 0 unspecified atom stereocenters. The fraction of sp³-hybridized carbons (Fsp3) is 0.400. The lowest BCUT2D eigenvalue weighted by Gasteiger charge is -2.22. The van der Waals surface area contributed by atoms with E-state index in [9.17, 15) is 4.79 Å². The van der Waals surface area contributed by atoms with Gasteiger partial charge in [0.1, 0.15) is 0 Å². The molecule has 4 nitrogen and oxygen atoms in total. The number of pyridine rings is 1. The summed E-state index contributed by atoms with van der Waals surface area (Å²) in [6.07, 6.45) is 7.64. The van der Waals surface area contributed by atoms with E-state index in [1.807, 2.05) is 12.1 Å². The number of amides is 1. The van der Waals surface area contributed by atoms with Crippen LogP contribution in [0.5, 0.6) is 0 Å². The molecule has 0 spiro atoms. The predicted octanol–water partition coefficient (Wildman–Crippen LogP) is 3.14. The van der Waals surface area contributed by atoms with Crippen molar-refractivity contribution in [1.29, 1.82) is 0 Å². The van der Waals surface area contributed by atoms with Gasteiger partial charge in [-0.25, -0.2) is 0 Å². The van der Waals surface area contributed by atoms with Gasteiger partial charge in [-0.05, 0) is 67.1 Å². The lowest BCUT2D eigenvalue weighted by molar-refractivity contribution is -0.121. The SMILES string of the molecule is O=C(CCC1CCNCC1)NCc1ccc(-c2ccncc2)cc1. The molecule has 2 heterocycles. The molecule has 0 bridgehead atoms. The number of carbonyl (C=O) groups excluding carboxylic acids is 1. The van der Waals surface area contributed by atoms with Crippen molar-refractivity contribution in [2.45, 2.75) is 32.2 Å². The zero-order valence-electron chi connectivity index (χ0n) is 14.0. The van der Waals surface area contributed by atoms with Crippen molar-refractivity contribution in [2.24, 2.45) is 5.92 Å². The summed E-state index contributed by atoms with van der Waals surface area (Å²) in [4.78, 5) is 16.1. The van der Waals surface area contributed by atoms with Crippen molar-refractivity contribution in [3.05, 3.63) is 54.4 Å². The van der Waals surface area contributed by atoms with Crippen LogP contribution in [0, 0.1) is 5.92 Å². The highest BCUT2D eigenvalue weighted by Gasteiger charge is 2.14. The molecular formula is C20H25N3O. The van der Waals surface area contributed by atoms with E-state index in [4.69, 9.17) is 0 Å². The molecule has 24 heavy (non-hydrogen) atoms. The van der Waals surface area contributed by atoms with Gasteiger partial charge in [-0.15, -0.1) is 0 Å².